The molecule has 0 bridgehead atoms. The predicted octanol–water partition coefficient (Wildman–Crippen LogP) is 4.60. The summed E-state index contributed by atoms with van der Waals surface area (Å²) in [6, 6.07) is 10.9. The molecule has 204 valence electrons. The van der Waals surface area contributed by atoms with Crippen LogP contribution in [0.15, 0.2) is 42.9 Å². The number of H-pyrrole nitrogens is 1. The molecule has 2 atom stereocenters. The SMILES string of the molecule is Cc1cc(-c2[nH]nc(-c3ccc([C@H](C)N(C)C(=O)[C@@H]4CCCN4C4COC4)cc3)c2C(C)C)cn2ncnc12. The lowest BCUT2D eigenvalue weighted by molar-refractivity contribution is -0.141. The molecule has 4 aromatic rings. The minimum Gasteiger partial charge on any atom is -0.378 e. The molecule has 0 saturated carbocycles. The Morgan fingerprint density at radius 1 is 1.15 bits per heavy atom. The molecule has 9 heteroatoms. The van der Waals surface area contributed by atoms with E-state index >= 15 is 0 Å². The maximum Gasteiger partial charge on any atom is 0.240 e. The molecule has 3 aromatic heterocycles. The average Bonchev–Trinajstić information content (AvgIpc) is 3.66. The van der Waals surface area contributed by atoms with Gasteiger partial charge in [-0.05, 0) is 56.3 Å². The van der Waals surface area contributed by atoms with Crippen LogP contribution in [0.2, 0.25) is 0 Å². The first-order valence-electron chi connectivity index (χ1n) is 13.9. The largest absolute Gasteiger partial charge is 0.378 e. The summed E-state index contributed by atoms with van der Waals surface area (Å²) < 4.78 is 7.20. The number of pyridine rings is 1. The maximum atomic E-state index is 13.5. The molecule has 39 heavy (non-hydrogen) atoms. The molecule has 1 aromatic carbocycles. The number of ether oxygens (including phenoxy) is 1. The number of benzene rings is 1. The maximum absolute atomic E-state index is 13.5. The number of fused-ring (bicyclic) bond motifs is 1. The molecular weight excluding hydrogens is 490 g/mol. The van der Waals surface area contributed by atoms with Crippen molar-refractivity contribution >= 4 is 11.6 Å². The summed E-state index contributed by atoms with van der Waals surface area (Å²) in [6.07, 6.45) is 5.57. The van der Waals surface area contributed by atoms with Crippen LogP contribution in [-0.4, -0.2) is 79.4 Å². The molecule has 2 saturated heterocycles. The highest BCUT2D eigenvalue weighted by Gasteiger charge is 2.40. The van der Waals surface area contributed by atoms with E-state index < -0.39 is 0 Å². The quantitative estimate of drug-likeness (QED) is 0.378. The van der Waals surface area contributed by atoms with Gasteiger partial charge in [-0.3, -0.25) is 14.8 Å². The summed E-state index contributed by atoms with van der Waals surface area (Å²) in [5, 5.41) is 12.4. The van der Waals surface area contributed by atoms with Gasteiger partial charge in [0, 0.05) is 29.9 Å². The molecule has 1 amide bonds. The van der Waals surface area contributed by atoms with E-state index in [0.717, 1.165) is 71.9 Å². The lowest BCUT2D eigenvalue weighted by Gasteiger charge is -2.39. The van der Waals surface area contributed by atoms with Crippen LogP contribution in [0.3, 0.4) is 0 Å². The molecule has 0 radical (unpaired) electrons. The van der Waals surface area contributed by atoms with Crippen LogP contribution >= 0.6 is 0 Å². The molecule has 2 aliphatic heterocycles. The Balaban J connectivity index is 1.24. The Morgan fingerprint density at radius 2 is 1.92 bits per heavy atom. The molecule has 0 spiro atoms. The second kappa shape index (κ2) is 10.2. The first kappa shape index (κ1) is 25.7. The molecule has 2 fully saturated rings. The number of amides is 1. The number of aryl methyl sites for hydroxylation is 1. The Hall–Kier alpha value is -3.56. The first-order valence-corrected chi connectivity index (χ1v) is 13.9. The third-order valence-corrected chi connectivity index (χ3v) is 8.49. The van der Waals surface area contributed by atoms with Crippen LogP contribution in [0.5, 0.6) is 0 Å². The van der Waals surface area contributed by atoms with E-state index in [9.17, 15) is 4.79 Å². The van der Waals surface area contributed by atoms with E-state index in [-0.39, 0.29) is 23.9 Å². The van der Waals surface area contributed by atoms with E-state index in [4.69, 9.17) is 9.84 Å². The third-order valence-electron chi connectivity index (χ3n) is 8.49. The standard InChI is InChI=1S/C30H37N7O2/c1-18(2)26-27(33-34-28(26)23-13-19(3)29-31-17-32-37(29)14-23)22-10-8-21(9-11-22)20(4)35(5)30(38)25-7-6-12-36(25)24-15-39-16-24/h8-11,13-14,17-18,20,24-25H,6-7,12,15-16H2,1-5H3,(H,33,34)/t20-,25-/m0/s1. The summed E-state index contributed by atoms with van der Waals surface area (Å²) in [4.78, 5) is 22.1. The normalized spacial score (nSPS) is 19.1. The summed E-state index contributed by atoms with van der Waals surface area (Å²) in [5.41, 5.74) is 8.24. The van der Waals surface area contributed by atoms with Crippen molar-refractivity contribution in [3.8, 4) is 22.5 Å². The summed E-state index contributed by atoms with van der Waals surface area (Å²) in [5.74, 6) is 0.466. The van der Waals surface area contributed by atoms with Crippen molar-refractivity contribution in [2.24, 2.45) is 0 Å². The van der Waals surface area contributed by atoms with E-state index in [2.05, 4.69) is 71.2 Å². The van der Waals surface area contributed by atoms with E-state index in [1.165, 1.54) is 5.56 Å². The number of carbonyl (C=O) groups is 1. The van der Waals surface area contributed by atoms with Crippen molar-refractivity contribution in [1.82, 2.24) is 34.6 Å². The number of nitrogens with one attached hydrogen (secondary N) is 1. The minimum absolute atomic E-state index is 0.0247. The number of aromatic amines is 1. The Labute approximate surface area is 229 Å². The number of hydrogen-bond donors (Lipinski definition) is 1. The monoisotopic (exact) mass is 527 g/mol. The van der Waals surface area contributed by atoms with E-state index in [0.29, 0.717) is 6.04 Å². The van der Waals surface area contributed by atoms with Gasteiger partial charge < -0.3 is 9.64 Å². The van der Waals surface area contributed by atoms with E-state index in [1.807, 2.05) is 29.6 Å². The Bertz CT molecular complexity index is 1490. The highest BCUT2D eigenvalue weighted by Crippen LogP contribution is 2.36. The Kier molecular flexibility index (Phi) is 6.72. The van der Waals surface area contributed by atoms with Crippen molar-refractivity contribution in [2.45, 2.75) is 64.6 Å². The van der Waals surface area contributed by atoms with Crippen molar-refractivity contribution in [1.29, 1.82) is 0 Å². The smallest absolute Gasteiger partial charge is 0.240 e. The summed E-state index contributed by atoms with van der Waals surface area (Å²) in [7, 11) is 1.93. The zero-order valence-electron chi connectivity index (χ0n) is 23.4. The van der Waals surface area contributed by atoms with Gasteiger partial charge in [0.05, 0.1) is 42.7 Å². The van der Waals surface area contributed by atoms with Gasteiger partial charge in [0.15, 0.2) is 5.65 Å². The molecule has 1 N–H and O–H groups in total. The number of rotatable bonds is 7. The zero-order chi connectivity index (χ0) is 27.3. The fourth-order valence-electron chi connectivity index (χ4n) is 6.06. The first-order chi connectivity index (χ1) is 18.8. The van der Waals surface area contributed by atoms with Crippen molar-refractivity contribution in [3.63, 3.8) is 0 Å². The third kappa shape index (κ3) is 4.53. The highest BCUT2D eigenvalue weighted by atomic mass is 16.5. The number of likely N-dealkylation sites (N-methyl/N-ethyl adjacent to an activating group) is 1. The average molecular weight is 528 g/mol. The van der Waals surface area contributed by atoms with Crippen LogP contribution in [0, 0.1) is 6.92 Å². The van der Waals surface area contributed by atoms with Crippen LogP contribution < -0.4 is 0 Å². The highest BCUT2D eigenvalue weighted by molar-refractivity contribution is 5.82. The van der Waals surface area contributed by atoms with Gasteiger partial charge >= 0.3 is 0 Å². The number of hydrogen-bond acceptors (Lipinski definition) is 6. The van der Waals surface area contributed by atoms with Crippen LogP contribution in [0.25, 0.3) is 28.2 Å². The molecule has 5 heterocycles. The molecule has 0 unspecified atom stereocenters. The topological polar surface area (TPSA) is 91.7 Å². The van der Waals surface area contributed by atoms with Crippen molar-refractivity contribution in [2.75, 3.05) is 26.8 Å². The number of aromatic nitrogens is 5. The lowest BCUT2D eigenvalue weighted by Crippen LogP contribution is -2.55. The molecule has 2 aliphatic rings. The number of likely N-dealkylation sites (tertiary alicyclic amines) is 1. The molecule has 9 nitrogen and oxygen atoms in total. The summed E-state index contributed by atoms with van der Waals surface area (Å²) in [6.45, 7) is 11.0. The van der Waals surface area contributed by atoms with Gasteiger partial charge in [0.25, 0.3) is 0 Å². The van der Waals surface area contributed by atoms with Gasteiger partial charge in [0.1, 0.15) is 6.33 Å². The molecule has 6 rings (SSSR count). The van der Waals surface area contributed by atoms with Gasteiger partial charge in [-0.25, -0.2) is 9.50 Å². The second-order valence-electron chi connectivity index (χ2n) is 11.3. The van der Waals surface area contributed by atoms with Crippen molar-refractivity contribution < 1.29 is 9.53 Å². The minimum atomic E-state index is -0.0397. The zero-order valence-corrected chi connectivity index (χ0v) is 23.4. The van der Waals surface area contributed by atoms with Crippen LogP contribution in [0.4, 0.5) is 0 Å². The number of carbonyl (C=O) groups excluding carboxylic acids is 1. The Morgan fingerprint density at radius 3 is 2.62 bits per heavy atom. The van der Waals surface area contributed by atoms with Crippen LogP contribution in [-0.2, 0) is 9.53 Å². The molecule has 0 aliphatic carbocycles. The fraction of sp³-hybridized carbons (Fsp3) is 0.467. The lowest BCUT2D eigenvalue weighted by atomic mass is 9.93. The van der Waals surface area contributed by atoms with Crippen molar-refractivity contribution in [3.05, 3.63) is 59.5 Å². The van der Waals surface area contributed by atoms with Gasteiger partial charge in [-0.1, -0.05) is 38.1 Å². The van der Waals surface area contributed by atoms with Gasteiger partial charge in [-0.2, -0.15) is 10.2 Å². The van der Waals surface area contributed by atoms with Gasteiger partial charge in [-0.15, -0.1) is 0 Å². The van der Waals surface area contributed by atoms with Gasteiger partial charge in [0.2, 0.25) is 5.91 Å². The summed E-state index contributed by atoms with van der Waals surface area (Å²) >= 11 is 0. The fourth-order valence-corrected chi connectivity index (χ4v) is 6.06. The second-order valence-corrected chi connectivity index (χ2v) is 11.3. The molecular formula is C30H37N7O2. The van der Waals surface area contributed by atoms with E-state index in [1.54, 1.807) is 6.33 Å². The predicted molar refractivity (Wildman–Crippen MR) is 150 cm³/mol. The van der Waals surface area contributed by atoms with Crippen LogP contribution in [0.1, 0.15) is 62.3 Å². The number of nitrogens with zero attached hydrogens (tertiary/aromatic N) is 6.